The van der Waals surface area contributed by atoms with Crippen molar-refractivity contribution >= 4 is 22.9 Å². The molecule has 2 aromatic rings. The van der Waals surface area contributed by atoms with E-state index in [1.165, 1.54) is 24.8 Å². The molecule has 0 radical (unpaired) electrons. The van der Waals surface area contributed by atoms with E-state index in [-0.39, 0.29) is 5.41 Å². The summed E-state index contributed by atoms with van der Waals surface area (Å²) in [6.07, 6.45) is 12.1. The first kappa shape index (κ1) is 12.6. The average Bonchev–Trinajstić information content (AvgIpc) is 2.94. The molecular formula is C15H19N3S. The van der Waals surface area contributed by atoms with Gasteiger partial charge in [0.1, 0.15) is 5.65 Å². The van der Waals surface area contributed by atoms with Crippen molar-refractivity contribution in [2.24, 2.45) is 0 Å². The summed E-state index contributed by atoms with van der Waals surface area (Å²) in [5.41, 5.74) is 2.32. The fraction of sp³-hybridized carbons (Fsp3) is 0.467. The number of rotatable bonds is 2. The van der Waals surface area contributed by atoms with Gasteiger partial charge >= 0.3 is 0 Å². The van der Waals surface area contributed by atoms with Crippen LogP contribution in [0.15, 0.2) is 30.7 Å². The zero-order chi connectivity index (χ0) is 13.3. The maximum absolute atomic E-state index is 5.64. The van der Waals surface area contributed by atoms with Gasteiger partial charge in [0.25, 0.3) is 0 Å². The molecule has 19 heavy (non-hydrogen) atoms. The summed E-state index contributed by atoms with van der Waals surface area (Å²) in [4.78, 5) is 5.29. The first-order valence-corrected chi connectivity index (χ1v) is 7.32. The molecule has 1 fully saturated rings. The fourth-order valence-corrected chi connectivity index (χ4v) is 3.57. The van der Waals surface area contributed by atoms with Crippen molar-refractivity contribution < 1.29 is 0 Å². The second-order valence-electron chi connectivity index (χ2n) is 5.33. The van der Waals surface area contributed by atoms with Crippen molar-refractivity contribution in [3.8, 4) is 0 Å². The second-order valence-corrected chi connectivity index (χ2v) is 5.74. The Morgan fingerprint density at radius 1 is 1.32 bits per heavy atom. The first-order valence-electron chi connectivity index (χ1n) is 6.92. The van der Waals surface area contributed by atoms with Crippen molar-refractivity contribution in [2.45, 2.75) is 37.5 Å². The molecule has 100 valence electrons. The minimum atomic E-state index is 0.0147. The van der Waals surface area contributed by atoms with Gasteiger partial charge in [0.15, 0.2) is 0 Å². The Bertz CT molecular complexity index is 596. The second kappa shape index (κ2) is 4.93. The van der Waals surface area contributed by atoms with Crippen LogP contribution in [0, 0.1) is 0 Å². The lowest BCUT2D eigenvalue weighted by Gasteiger charge is -2.38. The SMILES string of the molecule is CNC(=S)C1(c2ccc3nccn3c2)CCCCC1. The number of thiocarbonyl (C=S) groups is 1. The van der Waals surface area contributed by atoms with Gasteiger partial charge in [0.2, 0.25) is 0 Å². The number of fused-ring (bicyclic) bond motifs is 1. The Balaban J connectivity index is 2.09. The number of aromatic nitrogens is 2. The smallest absolute Gasteiger partial charge is 0.136 e. The molecule has 0 atom stereocenters. The van der Waals surface area contributed by atoms with Crippen LogP contribution in [0.25, 0.3) is 5.65 Å². The quantitative estimate of drug-likeness (QED) is 0.853. The highest BCUT2D eigenvalue weighted by molar-refractivity contribution is 7.80. The Kier molecular flexibility index (Phi) is 3.27. The maximum Gasteiger partial charge on any atom is 0.136 e. The van der Waals surface area contributed by atoms with Gasteiger partial charge in [-0.2, -0.15) is 0 Å². The Labute approximate surface area is 119 Å². The Morgan fingerprint density at radius 3 is 2.84 bits per heavy atom. The van der Waals surface area contributed by atoms with Gasteiger partial charge in [-0.1, -0.05) is 37.5 Å². The van der Waals surface area contributed by atoms with Gasteiger partial charge in [0.05, 0.1) is 4.99 Å². The summed E-state index contributed by atoms with van der Waals surface area (Å²) in [6.45, 7) is 0. The van der Waals surface area contributed by atoms with Gasteiger partial charge in [-0.3, -0.25) is 0 Å². The molecule has 3 nitrogen and oxygen atoms in total. The van der Waals surface area contributed by atoms with Gasteiger partial charge in [-0.15, -0.1) is 0 Å². The third kappa shape index (κ3) is 2.04. The monoisotopic (exact) mass is 273 g/mol. The molecule has 2 heterocycles. The molecule has 1 N–H and O–H groups in total. The van der Waals surface area contributed by atoms with E-state index in [4.69, 9.17) is 12.2 Å². The molecule has 1 aliphatic rings. The molecule has 3 rings (SSSR count). The Hall–Kier alpha value is -1.42. The molecule has 0 bridgehead atoms. The molecule has 0 aliphatic heterocycles. The highest BCUT2D eigenvalue weighted by Gasteiger charge is 2.37. The van der Waals surface area contributed by atoms with E-state index in [9.17, 15) is 0 Å². The van der Waals surface area contributed by atoms with Crippen LogP contribution in [0.1, 0.15) is 37.7 Å². The standard InChI is InChI=1S/C15H19N3S/c1-16-14(19)15(7-3-2-4-8-15)12-5-6-13-17-9-10-18(13)11-12/h5-6,9-11H,2-4,7-8H2,1H3,(H,16,19). The minimum absolute atomic E-state index is 0.0147. The number of nitrogens with one attached hydrogen (secondary N) is 1. The zero-order valence-electron chi connectivity index (χ0n) is 11.2. The molecule has 1 saturated carbocycles. The Morgan fingerprint density at radius 2 is 2.11 bits per heavy atom. The molecule has 0 unspecified atom stereocenters. The third-order valence-electron chi connectivity index (χ3n) is 4.31. The van der Waals surface area contributed by atoms with E-state index in [0.717, 1.165) is 23.5 Å². The van der Waals surface area contributed by atoms with Gasteiger partial charge < -0.3 is 9.72 Å². The number of pyridine rings is 1. The summed E-state index contributed by atoms with van der Waals surface area (Å²) in [7, 11) is 1.94. The van der Waals surface area contributed by atoms with Crippen LogP contribution in [-0.2, 0) is 5.41 Å². The van der Waals surface area contributed by atoms with Crippen molar-refractivity contribution in [3.05, 3.63) is 36.3 Å². The predicted octanol–water partition coefficient (Wildman–Crippen LogP) is 3.08. The van der Waals surface area contributed by atoms with Crippen LogP contribution in [-0.4, -0.2) is 21.4 Å². The van der Waals surface area contributed by atoms with Crippen LogP contribution in [0.3, 0.4) is 0 Å². The summed E-state index contributed by atoms with van der Waals surface area (Å²) in [5.74, 6) is 0. The average molecular weight is 273 g/mol. The summed E-state index contributed by atoms with van der Waals surface area (Å²) in [6, 6.07) is 4.28. The van der Waals surface area contributed by atoms with Crippen LogP contribution < -0.4 is 5.32 Å². The van der Waals surface area contributed by atoms with Gasteiger partial charge in [0, 0.05) is 31.1 Å². The molecule has 1 aliphatic carbocycles. The molecule has 0 saturated heterocycles. The number of hydrogen-bond acceptors (Lipinski definition) is 2. The van der Waals surface area contributed by atoms with Crippen molar-refractivity contribution in [1.29, 1.82) is 0 Å². The van der Waals surface area contributed by atoms with E-state index in [0.29, 0.717) is 0 Å². The van der Waals surface area contributed by atoms with E-state index < -0.39 is 0 Å². The van der Waals surface area contributed by atoms with Crippen LogP contribution >= 0.6 is 12.2 Å². The van der Waals surface area contributed by atoms with Crippen LogP contribution in [0.4, 0.5) is 0 Å². The molecule has 2 aromatic heterocycles. The summed E-state index contributed by atoms with van der Waals surface area (Å²) < 4.78 is 2.09. The lowest BCUT2D eigenvalue weighted by atomic mass is 9.69. The van der Waals surface area contributed by atoms with Crippen molar-refractivity contribution in [2.75, 3.05) is 7.05 Å². The highest BCUT2D eigenvalue weighted by Crippen LogP contribution is 2.40. The van der Waals surface area contributed by atoms with E-state index in [2.05, 4.69) is 33.0 Å². The summed E-state index contributed by atoms with van der Waals surface area (Å²) in [5, 5.41) is 3.22. The van der Waals surface area contributed by atoms with Gasteiger partial charge in [-0.05, 0) is 24.5 Å². The maximum atomic E-state index is 5.64. The van der Waals surface area contributed by atoms with E-state index in [1.54, 1.807) is 0 Å². The van der Waals surface area contributed by atoms with Gasteiger partial charge in [-0.25, -0.2) is 4.98 Å². The minimum Gasteiger partial charge on any atom is -0.382 e. The predicted molar refractivity (Wildman–Crippen MR) is 81.6 cm³/mol. The lowest BCUT2D eigenvalue weighted by Crippen LogP contribution is -2.43. The molecule has 0 spiro atoms. The summed E-state index contributed by atoms with van der Waals surface area (Å²) >= 11 is 5.64. The van der Waals surface area contributed by atoms with Crippen molar-refractivity contribution in [3.63, 3.8) is 0 Å². The molecule has 4 heteroatoms. The van der Waals surface area contributed by atoms with Crippen LogP contribution in [0.5, 0.6) is 0 Å². The van der Waals surface area contributed by atoms with E-state index in [1.807, 2.05) is 19.4 Å². The molecule has 0 amide bonds. The third-order valence-corrected chi connectivity index (χ3v) is 4.91. The van der Waals surface area contributed by atoms with E-state index >= 15 is 0 Å². The number of hydrogen-bond donors (Lipinski definition) is 1. The van der Waals surface area contributed by atoms with Crippen molar-refractivity contribution in [1.82, 2.24) is 14.7 Å². The largest absolute Gasteiger partial charge is 0.382 e. The fourth-order valence-electron chi connectivity index (χ4n) is 3.24. The highest BCUT2D eigenvalue weighted by atomic mass is 32.1. The lowest BCUT2D eigenvalue weighted by molar-refractivity contribution is 0.377. The first-order chi connectivity index (χ1) is 9.26. The number of imidazole rings is 1. The zero-order valence-corrected chi connectivity index (χ0v) is 12.0. The normalized spacial score (nSPS) is 18.4. The number of nitrogens with zero attached hydrogens (tertiary/aromatic N) is 2. The van der Waals surface area contributed by atoms with Crippen LogP contribution in [0.2, 0.25) is 0 Å². The topological polar surface area (TPSA) is 29.3 Å². The molecular weight excluding hydrogens is 254 g/mol. The molecule has 0 aromatic carbocycles. The number of likely N-dealkylation sites (N-methyl/N-ethyl adjacent to an activating group) is 1.